The molecule has 0 aromatic carbocycles. The van der Waals surface area contributed by atoms with Crippen LogP contribution in [0, 0.1) is 0 Å². The summed E-state index contributed by atoms with van der Waals surface area (Å²) in [5.74, 6) is -0.860. The highest BCUT2D eigenvalue weighted by atomic mass is 16.5. The van der Waals surface area contributed by atoms with E-state index in [1.54, 1.807) is 13.8 Å². The van der Waals surface area contributed by atoms with E-state index in [1.165, 1.54) is 19.1 Å². The summed E-state index contributed by atoms with van der Waals surface area (Å²) in [6.07, 6.45) is 1.54. The van der Waals surface area contributed by atoms with E-state index in [1.807, 2.05) is 0 Å². The van der Waals surface area contributed by atoms with Gasteiger partial charge in [-0.1, -0.05) is 6.08 Å². The number of ether oxygens (including phenoxy) is 1. The first-order valence-corrected chi connectivity index (χ1v) is 4.77. The van der Waals surface area contributed by atoms with E-state index in [0.717, 1.165) is 0 Å². The molecule has 0 aliphatic carbocycles. The van der Waals surface area contributed by atoms with Crippen molar-refractivity contribution in [1.82, 2.24) is 5.32 Å². The van der Waals surface area contributed by atoms with Crippen molar-refractivity contribution in [2.45, 2.75) is 32.9 Å². The number of rotatable bonds is 5. The van der Waals surface area contributed by atoms with Crippen LogP contribution in [0.4, 0.5) is 0 Å². The molecule has 5 nitrogen and oxygen atoms in total. The first-order valence-electron chi connectivity index (χ1n) is 4.77. The van der Waals surface area contributed by atoms with Crippen molar-refractivity contribution >= 4 is 11.9 Å². The van der Waals surface area contributed by atoms with E-state index >= 15 is 0 Å². The maximum absolute atomic E-state index is 11.0. The minimum absolute atomic E-state index is 0.169. The number of aliphatic hydroxyl groups is 1. The molecule has 0 aromatic heterocycles. The standard InChI is InChI=1S/C10H17NO4/c1-4-15-10(14)9(13)6-5-7(2)11-8(3)12/h5-7,9,13H,4H2,1-3H3,(H,11,12)/t7-,9-/m0/s1. The molecule has 0 bridgehead atoms. The third-order valence-electron chi connectivity index (χ3n) is 1.54. The van der Waals surface area contributed by atoms with Crippen LogP contribution >= 0.6 is 0 Å². The van der Waals surface area contributed by atoms with Gasteiger partial charge in [0, 0.05) is 13.0 Å². The highest BCUT2D eigenvalue weighted by Gasteiger charge is 2.12. The van der Waals surface area contributed by atoms with Crippen molar-refractivity contribution in [2.75, 3.05) is 6.61 Å². The molecule has 0 radical (unpaired) electrons. The Kier molecular flexibility index (Phi) is 6.37. The average Bonchev–Trinajstić information content (AvgIpc) is 2.13. The van der Waals surface area contributed by atoms with Gasteiger partial charge in [-0.2, -0.15) is 0 Å². The Balaban J connectivity index is 4.03. The van der Waals surface area contributed by atoms with E-state index < -0.39 is 12.1 Å². The lowest BCUT2D eigenvalue weighted by atomic mass is 10.2. The summed E-state index contributed by atoms with van der Waals surface area (Å²) in [4.78, 5) is 21.6. The number of carbonyl (C=O) groups excluding carboxylic acids is 2. The smallest absolute Gasteiger partial charge is 0.338 e. The molecule has 1 amide bonds. The van der Waals surface area contributed by atoms with Gasteiger partial charge in [0.25, 0.3) is 0 Å². The molecule has 15 heavy (non-hydrogen) atoms. The van der Waals surface area contributed by atoms with E-state index in [9.17, 15) is 14.7 Å². The normalized spacial score (nSPS) is 14.7. The fraction of sp³-hybridized carbons (Fsp3) is 0.600. The maximum atomic E-state index is 11.0. The molecule has 0 fully saturated rings. The zero-order chi connectivity index (χ0) is 11.8. The number of carbonyl (C=O) groups is 2. The molecule has 86 valence electrons. The minimum Gasteiger partial charge on any atom is -0.464 e. The molecule has 0 aliphatic heterocycles. The molecule has 0 unspecified atom stereocenters. The summed E-state index contributed by atoms with van der Waals surface area (Å²) in [5, 5.41) is 11.8. The lowest BCUT2D eigenvalue weighted by Crippen LogP contribution is -2.29. The molecular formula is C10H17NO4. The molecule has 0 aliphatic rings. The van der Waals surface area contributed by atoms with Crippen LogP contribution < -0.4 is 5.32 Å². The monoisotopic (exact) mass is 215 g/mol. The minimum atomic E-state index is -1.28. The van der Waals surface area contributed by atoms with Crippen LogP contribution in [0.2, 0.25) is 0 Å². The SMILES string of the molecule is CCOC(=O)[C@@H](O)C=C[C@H](C)NC(C)=O. The summed E-state index contributed by atoms with van der Waals surface area (Å²) in [6.45, 7) is 5.02. The van der Waals surface area contributed by atoms with Crippen LogP contribution in [0.15, 0.2) is 12.2 Å². The number of esters is 1. The number of aliphatic hydroxyl groups excluding tert-OH is 1. The average molecular weight is 215 g/mol. The van der Waals surface area contributed by atoms with Gasteiger partial charge >= 0.3 is 5.97 Å². The molecule has 0 saturated carbocycles. The maximum Gasteiger partial charge on any atom is 0.338 e. The predicted octanol–water partition coefficient (Wildman–Crippen LogP) is -0.00880. The fourth-order valence-corrected chi connectivity index (χ4v) is 0.947. The van der Waals surface area contributed by atoms with E-state index in [0.29, 0.717) is 0 Å². The second-order valence-electron chi connectivity index (χ2n) is 3.07. The van der Waals surface area contributed by atoms with Crippen LogP contribution in [0.25, 0.3) is 0 Å². The van der Waals surface area contributed by atoms with Crippen LogP contribution in [-0.2, 0) is 14.3 Å². The molecule has 0 spiro atoms. The van der Waals surface area contributed by atoms with Gasteiger partial charge in [0.15, 0.2) is 6.10 Å². The summed E-state index contributed by atoms with van der Waals surface area (Å²) in [6, 6.07) is -0.230. The van der Waals surface area contributed by atoms with Gasteiger partial charge in [-0.25, -0.2) is 4.79 Å². The molecule has 0 aromatic rings. The second kappa shape index (κ2) is 7.00. The largest absolute Gasteiger partial charge is 0.464 e. The first-order chi connectivity index (χ1) is 6.97. The van der Waals surface area contributed by atoms with Gasteiger partial charge in [0.05, 0.1) is 6.61 Å². The number of amides is 1. The molecule has 2 atom stereocenters. The van der Waals surface area contributed by atoms with Crippen LogP contribution in [0.1, 0.15) is 20.8 Å². The lowest BCUT2D eigenvalue weighted by molar-refractivity contribution is -0.150. The number of nitrogens with one attached hydrogen (secondary N) is 1. The zero-order valence-electron chi connectivity index (χ0n) is 9.19. The van der Waals surface area contributed by atoms with Crippen molar-refractivity contribution in [2.24, 2.45) is 0 Å². The van der Waals surface area contributed by atoms with Crippen molar-refractivity contribution in [3.8, 4) is 0 Å². The Hall–Kier alpha value is -1.36. The van der Waals surface area contributed by atoms with Crippen LogP contribution in [0.5, 0.6) is 0 Å². The molecular weight excluding hydrogens is 198 g/mol. The number of hydrogen-bond acceptors (Lipinski definition) is 4. The Labute approximate surface area is 89.1 Å². The summed E-state index contributed by atoms with van der Waals surface area (Å²) < 4.78 is 4.59. The zero-order valence-corrected chi connectivity index (χ0v) is 9.19. The summed E-state index contributed by atoms with van der Waals surface area (Å²) in [7, 11) is 0. The van der Waals surface area contributed by atoms with Crippen molar-refractivity contribution < 1.29 is 19.4 Å². The van der Waals surface area contributed by atoms with Crippen LogP contribution in [0.3, 0.4) is 0 Å². The van der Waals surface area contributed by atoms with Crippen molar-refractivity contribution in [1.29, 1.82) is 0 Å². The Morgan fingerprint density at radius 2 is 2.07 bits per heavy atom. The van der Waals surface area contributed by atoms with E-state index in [2.05, 4.69) is 10.1 Å². The highest BCUT2D eigenvalue weighted by molar-refractivity contribution is 5.76. The molecule has 0 rings (SSSR count). The van der Waals surface area contributed by atoms with Gasteiger partial charge < -0.3 is 15.2 Å². The Morgan fingerprint density at radius 3 is 2.53 bits per heavy atom. The van der Waals surface area contributed by atoms with Gasteiger partial charge in [-0.15, -0.1) is 0 Å². The highest BCUT2D eigenvalue weighted by Crippen LogP contribution is 1.93. The quantitative estimate of drug-likeness (QED) is 0.499. The molecule has 0 heterocycles. The fourth-order valence-electron chi connectivity index (χ4n) is 0.947. The van der Waals surface area contributed by atoms with Crippen LogP contribution in [-0.4, -0.2) is 35.7 Å². The third kappa shape index (κ3) is 6.68. The van der Waals surface area contributed by atoms with Crippen molar-refractivity contribution in [3.05, 3.63) is 12.2 Å². The van der Waals surface area contributed by atoms with Crippen molar-refractivity contribution in [3.63, 3.8) is 0 Å². The van der Waals surface area contributed by atoms with E-state index in [4.69, 9.17) is 0 Å². The van der Waals surface area contributed by atoms with Gasteiger partial charge in [0.1, 0.15) is 0 Å². The molecule has 2 N–H and O–H groups in total. The van der Waals surface area contributed by atoms with Gasteiger partial charge in [-0.05, 0) is 19.9 Å². The topological polar surface area (TPSA) is 75.6 Å². The summed E-state index contributed by atoms with van der Waals surface area (Å²) in [5.41, 5.74) is 0. The molecule has 0 saturated heterocycles. The second-order valence-corrected chi connectivity index (χ2v) is 3.07. The molecule has 5 heteroatoms. The van der Waals surface area contributed by atoms with Gasteiger partial charge in [0.2, 0.25) is 5.91 Å². The summed E-state index contributed by atoms with van der Waals surface area (Å²) >= 11 is 0. The third-order valence-corrected chi connectivity index (χ3v) is 1.54. The van der Waals surface area contributed by atoms with E-state index in [-0.39, 0.29) is 18.6 Å². The Morgan fingerprint density at radius 1 is 1.47 bits per heavy atom. The Bertz CT molecular complexity index is 250. The number of hydrogen-bond donors (Lipinski definition) is 2. The first kappa shape index (κ1) is 13.6. The predicted molar refractivity (Wildman–Crippen MR) is 55.1 cm³/mol. The lowest BCUT2D eigenvalue weighted by Gasteiger charge is -2.08. The van der Waals surface area contributed by atoms with Gasteiger partial charge in [-0.3, -0.25) is 4.79 Å².